The van der Waals surface area contributed by atoms with Gasteiger partial charge in [0, 0.05) is 94.3 Å². The molecular formula is C45H54F2N8O4. The number of nitrogens with zero attached hydrogens (tertiary/aromatic N) is 6. The fourth-order valence-corrected chi connectivity index (χ4v) is 7.62. The zero-order chi connectivity index (χ0) is 42.1. The van der Waals surface area contributed by atoms with Gasteiger partial charge in [0.25, 0.3) is 5.91 Å². The highest BCUT2D eigenvalue weighted by molar-refractivity contribution is 6.06. The second-order valence-electron chi connectivity index (χ2n) is 17.1. The molecule has 0 spiro atoms. The first-order chi connectivity index (χ1) is 28.0. The van der Waals surface area contributed by atoms with Crippen molar-refractivity contribution in [2.24, 2.45) is 0 Å². The third kappa shape index (κ3) is 10.1. The highest BCUT2D eigenvalue weighted by Crippen LogP contribution is 2.35. The fraction of sp³-hybridized carbons (Fsp3) is 0.422. The number of ether oxygens (including phenoxy) is 1. The van der Waals surface area contributed by atoms with E-state index < -0.39 is 28.7 Å². The summed E-state index contributed by atoms with van der Waals surface area (Å²) >= 11 is 0. The number of hydrogen-bond donors (Lipinski definition) is 3. The van der Waals surface area contributed by atoms with Crippen LogP contribution in [0.2, 0.25) is 0 Å². The van der Waals surface area contributed by atoms with E-state index in [1.165, 1.54) is 50.0 Å². The molecule has 2 aliphatic heterocycles. The summed E-state index contributed by atoms with van der Waals surface area (Å²) in [5.41, 5.74) is 3.63. The first-order valence-electron chi connectivity index (χ1n) is 20.2. The molecule has 2 amide bonds. The summed E-state index contributed by atoms with van der Waals surface area (Å²) in [6, 6.07) is 16.9. The predicted molar refractivity (Wildman–Crippen MR) is 225 cm³/mol. The zero-order valence-corrected chi connectivity index (χ0v) is 34.7. The molecule has 2 fully saturated rings. The van der Waals surface area contributed by atoms with Crippen molar-refractivity contribution in [3.8, 4) is 22.5 Å². The molecular weight excluding hydrogens is 755 g/mol. The Morgan fingerprint density at radius 2 is 1.47 bits per heavy atom. The summed E-state index contributed by atoms with van der Waals surface area (Å²) in [4.78, 5) is 47.2. The third-order valence-corrected chi connectivity index (χ3v) is 11.1. The molecule has 0 saturated carbocycles. The number of carbonyl (C=O) groups is 2. The van der Waals surface area contributed by atoms with Gasteiger partial charge in [-0.3, -0.25) is 19.5 Å². The summed E-state index contributed by atoms with van der Waals surface area (Å²) in [7, 11) is 0. The number of fused-ring (bicyclic) bond motifs is 1. The highest BCUT2D eigenvalue weighted by atomic mass is 19.1. The number of anilines is 1. The number of H-pyrrole nitrogens is 1. The molecule has 2 aromatic heterocycles. The summed E-state index contributed by atoms with van der Waals surface area (Å²) < 4.78 is 35.6. The van der Waals surface area contributed by atoms with E-state index in [9.17, 15) is 19.1 Å². The number of piperazine rings is 2. The van der Waals surface area contributed by atoms with Crippen molar-refractivity contribution in [1.82, 2.24) is 34.6 Å². The minimum Gasteiger partial charge on any atom is -0.444 e. The maximum absolute atomic E-state index is 15.2. The van der Waals surface area contributed by atoms with E-state index in [2.05, 4.69) is 59.2 Å². The Morgan fingerprint density at radius 1 is 0.831 bits per heavy atom. The molecule has 3 N–H and O–H groups in total. The van der Waals surface area contributed by atoms with E-state index in [1.807, 2.05) is 31.7 Å². The molecule has 0 unspecified atom stereocenters. The average molecular weight is 809 g/mol. The minimum atomic E-state index is -1.28. The lowest BCUT2D eigenvalue weighted by Crippen LogP contribution is -2.52. The first kappa shape index (κ1) is 41.9. The molecule has 7 rings (SSSR count). The third-order valence-electron chi connectivity index (χ3n) is 11.1. The summed E-state index contributed by atoms with van der Waals surface area (Å²) in [5.74, 6) is -2.13. The monoisotopic (exact) mass is 808 g/mol. The molecule has 3 aromatic carbocycles. The second-order valence-corrected chi connectivity index (χ2v) is 17.1. The van der Waals surface area contributed by atoms with Gasteiger partial charge in [-0.05, 0) is 94.1 Å². The molecule has 2 aliphatic rings. The molecule has 5 aromatic rings. The lowest BCUT2D eigenvalue weighted by molar-refractivity contribution is 0.0133. The van der Waals surface area contributed by atoms with Crippen molar-refractivity contribution in [2.75, 3.05) is 70.8 Å². The number of carbonyl (C=O) groups excluding carboxylic acids is 2. The maximum atomic E-state index is 15.2. The van der Waals surface area contributed by atoms with E-state index in [0.29, 0.717) is 46.5 Å². The topological polar surface area (TPSA) is 130 Å². The van der Waals surface area contributed by atoms with Crippen LogP contribution in [0.1, 0.15) is 61.7 Å². The Balaban J connectivity index is 0.948. The van der Waals surface area contributed by atoms with Crippen molar-refractivity contribution in [2.45, 2.75) is 59.3 Å². The van der Waals surface area contributed by atoms with Gasteiger partial charge in [0.05, 0.1) is 16.9 Å². The van der Waals surface area contributed by atoms with Crippen LogP contribution in [-0.4, -0.2) is 123 Å². The van der Waals surface area contributed by atoms with Gasteiger partial charge in [0.2, 0.25) is 0 Å². The average Bonchev–Trinajstić information content (AvgIpc) is 3.63. The smallest absolute Gasteiger partial charge is 0.410 e. The summed E-state index contributed by atoms with van der Waals surface area (Å²) in [5, 5.41) is 13.6. The van der Waals surface area contributed by atoms with Gasteiger partial charge in [0.1, 0.15) is 29.2 Å². The van der Waals surface area contributed by atoms with Crippen LogP contribution in [0.3, 0.4) is 0 Å². The van der Waals surface area contributed by atoms with Gasteiger partial charge in [0.15, 0.2) is 0 Å². The lowest BCUT2D eigenvalue weighted by Gasteiger charge is -2.38. The molecule has 2 saturated heterocycles. The van der Waals surface area contributed by atoms with E-state index >= 15 is 4.39 Å². The number of amides is 2. The van der Waals surface area contributed by atoms with E-state index in [4.69, 9.17) is 4.74 Å². The molecule has 4 heterocycles. The van der Waals surface area contributed by atoms with Crippen molar-refractivity contribution < 1.29 is 28.2 Å². The number of benzene rings is 3. The van der Waals surface area contributed by atoms with Crippen LogP contribution in [0.5, 0.6) is 0 Å². The summed E-state index contributed by atoms with van der Waals surface area (Å²) in [6.45, 7) is 20.5. The maximum Gasteiger partial charge on any atom is 0.410 e. The largest absolute Gasteiger partial charge is 0.444 e. The molecule has 59 heavy (non-hydrogen) atoms. The molecule has 0 atom stereocenters. The van der Waals surface area contributed by atoms with Crippen LogP contribution in [0.4, 0.5) is 19.3 Å². The molecule has 0 bridgehead atoms. The Kier molecular flexibility index (Phi) is 12.2. The van der Waals surface area contributed by atoms with Crippen LogP contribution >= 0.6 is 0 Å². The van der Waals surface area contributed by atoms with E-state index in [-0.39, 0.29) is 17.3 Å². The van der Waals surface area contributed by atoms with Gasteiger partial charge in [-0.15, -0.1) is 0 Å². The molecule has 14 heteroatoms. The first-order valence-corrected chi connectivity index (χ1v) is 20.2. The number of aromatic nitrogens is 3. The molecule has 312 valence electrons. The van der Waals surface area contributed by atoms with E-state index in [0.717, 1.165) is 76.2 Å². The molecule has 0 aliphatic carbocycles. The quantitative estimate of drug-likeness (QED) is 0.136. The predicted octanol–water partition coefficient (Wildman–Crippen LogP) is 7.03. The van der Waals surface area contributed by atoms with Gasteiger partial charge in [-0.1, -0.05) is 30.3 Å². The van der Waals surface area contributed by atoms with Crippen LogP contribution in [0.25, 0.3) is 33.5 Å². The van der Waals surface area contributed by atoms with Gasteiger partial charge in [-0.2, -0.15) is 0 Å². The molecule has 0 radical (unpaired) electrons. The fourth-order valence-electron chi connectivity index (χ4n) is 7.62. The Morgan fingerprint density at radius 3 is 2.10 bits per heavy atom. The van der Waals surface area contributed by atoms with Crippen LogP contribution in [0.15, 0.2) is 67.0 Å². The number of hydrogen-bond acceptors (Lipinski definition) is 9. The highest BCUT2D eigenvalue weighted by Gasteiger charge is 2.27. The molecule has 12 nitrogen and oxygen atoms in total. The van der Waals surface area contributed by atoms with Gasteiger partial charge < -0.3 is 25.0 Å². The SMILES string of the molecule is Cc1c(NC(=O)c2ccc(C(C)(C)O)cc2F)cc(F)cc1-c1ncnc2[nH]c(-c3ccc(CN4CCN(CCN5CCN(C(=O)OC(C)(C)C)CC5)CC4)cc3)cc12. The van der Waals surface area contributed by atoms with Crippen LogP contribution in [0, 0.1) is 18.6 Å². The van der Waals surface area contributed by atoms with Crippen molar-refractivity contribution in [3.05, 3.63) is 101 Å². The zero-order valence-electron chi connectivity index (χ0n) is 34.7. The lowest BCUT2D eigenvalue weighted by atomic mass is 9.96. The standard InChI is InChI=1S/C45H54F2N8O4/c1-29-35(24-33(46)25-38(29)51-42(56)34-12-11-32(23-37(34)47)45(5,6)58)40-36-26-39(50-41(36)49-28-48-40)31-9-7-30(8-10-31)27-54-17-15-52(16-18-54)13-14-53-19-21-55(22-20-53)43(57)59-44(2,3)4/h7-12,23-26,28,58H,13-22,27H2,1-6H3,(H,51,56)(H,48,49,50). The number of nitrogens with one attached hydrogen (secondary N) is 2. The Labute approximate surface area is 344 Å². The summed E-state index contributed by atoms with van der Waals surface area (Å²) in [6.07, 6.45) is 1.19. The minimum absolute atomic E-state index is 0.183. The van der Waals surface area contributed by atoms with Crippen LogP contribution < -0.4 is 5.32 Å². The number of rotatable bonds is 10. The van der Waals surface area contributed by atoms with Gasteiger partial charge in [-0.25, -0.2) is 23.5 Å². The van der Waals surface area contributed by atoms with E-state index in [1.54, 1.807) is 6.92 Å². The second kappa shape index (κ2) is 17.1. The number of aliphatic hydroxyl groups is 1. The van der Waals surface area contributed by atoms with Gasteiger partial charge >= 0.3 is 6.09 Å². The normalized spacial score (nSPS) is 16.1. The number of aromatic amines is 1. The Bertz CT molecular complexity index is 2300. The van der Waals surface area contributed by atoms with Crippen molar-refractivity contribution >= 4 is 28.7 Å². The van der Waals surface area contributed by atoms with Crippen LogP contribution in [-0.2, 0) is 16.9 Å². The Hall–Kier alpha value is -5.28. The van der Waals surface area contributed by atoms with Crippen molar-refractivity contribution in [1.29, 1.82) is 0 Å². The van der Waals surface area contributed by atoms with Crippen molar-refractivity contribution in [3.63, 3.8) is 0 Å². The number of halogens is 2.